The monoisotopic (exact) mass is 265 g/mol. The molecule has 0 aromatic heterocycles. The second-order valence-corrected chi connectivity index (χ2v) is 4.14. The molecule has 0 heterocycles. The quantitative estimate of drug-likeness (QED) is 0.703. The topological polar surface area (TPSA) is 75.6 Å². The number of hydrogen-bond acceptors (Lipinski definition) is 3. The predicted molar refractivity (Wildman–Crippen MR) is 71.0 cm³/mol. The molecule has 0 aliphatic rings. The second-order valence-electron chi connectivity index (χ2n) is 4.14. The third kappa shape index (κ3) is 6.01. The molecule has 0 aliphatic heterocycles. The number of amides is 1. The Labute approximate surface area is 112 Å². The first-order valence-electron chi connectivity index (χ1n) is 6.30. The van der Waals surface area contributed by atoms with Crippen LogP contribution in [0.4, 0.5) is 0 Å². The van der Waals surface area contributed by atoms with Crippen LogP contribution in [0.2, 0.25) is 0 Å². The van der Waals surface area contributed by atoms with Crippen molar-refractivity contribution in [3.05, 3.63) is 35.4 Å². The van der Waals surface area contributed by atoms with E-state index in [1.165, 1.54) is 12.1 Å². The first-order chi connectivity index (χ1) is 9.13. The molecule has 0 radical (unpaired) electrons. The Morgan fingerprint density at radius 3 is 2.47 bits per heavy atom. The average molecular weight is 265 g/mol. The number of aromatic carboxylic acids is 1. The molecule has 104 valence electrons. The standard InChI is InChI=1S/C14H19NO4/c1-2-8-19-9-7-13(16)15-10-11-3-5-12(6-4-11)14(17)18/h3-6H,2,7-10H2,1H3,(H,15,16)(H,17,18). The van der Waals surface area contributed by atoms with Crippen molar-refractivity contribution in [2.45, 2.75) is 26.3 Å². The Bertz CT molecular complexity index is 414. The number of hydrogen-bond donors (Lipinski definition) is 2. The van der Waals surface area contributed by atoms with Crippen molar-refractivity contribution >= 4 is 11.9 Å². The number of rotatable bonds is 8. The third-order valence-corrected chi connectivity index (χ3v) is 2.51. The lowest BCUT2D eigenvalue weighted by Gasteiger charge is -2.06. The van der Waals surface area contributed by atoms with Crippen LogP contribution in [0.5, 0.6) is 0 Å². The molecule has 2 N–H and O–H groups in total. The molecule has 0 saturated carbocycles. The van der Waals surface area contributed by atoms with Gasteiger partial charge in [0.15, 0.2) is 0 Å². The summed E-state index contributed by atoms with van der Waals surface area (Å²) in [6, 6.07) is 6.43. The molecule has 1 amide bonds. The first kappa shape index (κ1) is 15.2. The van der Waals surface area contributed by atoms with E-state index in [1.807, 2.05) is 6.92 Å². The lowest BCUT2D eigenvalue weighted by atomic mass is 10.1. The summed E-state index contributed by atoms with van der Waals surface area (Å²) >= 11 is 0. The Morgan fingerprint density at radius 1 is 1.21 bits per heavy atom. The van der Waals surface area contributed by atoms with Crippen LogP contribution in [0.1, 0.15) is 35.7 Å². The van der Waals surface area contributed by atoms with E-state index in [2.05, 4.69) is 5.32 Å². The van der Waals surface area contributed by atoms with Crippen LogP contribution in [0.3, 0.4) is 0 Å². The van der Waals surface area contributed by atoms with E-state index < -0.39 is 5.97 Å². The minimum atomic E-state index is -0.955. The summed E-state index contributed by atoms with van der Waals surface area (Å²) in [7, 11) is 0. The maximum atomic E-state index is 11.5. The number of carboxylic acid groups (broad SMARTS) is 1. The zero-order valence-corrected chi connectivity index (χ0v) is 11.0. The van der Waals surface area contributed by atoms with Crippen molar-refractivity contribution in [2.24, 2.45) is 0 Å². The van der Waals surface area contributed by atoms with Gasteiger partial charge >= 0.3 is 5.97 Å². The van der Waals surface area contributed by atoms with Gasteiger partial charge in [0.25, 0.3) is 0 Å². The molecule has 1 aromatic rings. The van der Waals surface area contributed by atoms with E-state index in [1.54, 1.807) is 12.1 Å². The molecule has 19 heavy (non-hydrogen) atoms. The molecule has 0 saturated heterocycles. The molecule has 0 aliphatic carbocycles. The summed E-state index contributed by atoms with van der Waals surface area (Å²) in [5, 5.41) is 11.5. The van der Waals surface area contributed by atoms with Gasteiger partial charge in [-0.3, -0.25) is 4.79 Å². The first-order valence-corrected chi connectivity index (χ1v) is 6.30. The third-order valence-electron chi connectivity index (χ3n) is 2.51. The van der Waals surface area contributed by atoms with Crippen molar-refractivity contribution < 1.29 is 19.4 Å². The lowest BCUT2D eigenvalue weighted by molar-refractivity contribution is -0.122. The molecule has 1 aromatic carbocycles. The van der Waals surface area contributed by atoms with Gasteiger partial charge in [0.2, 0.25) is 5.91 Å². The van der Waals surface area contributed by atoms with Gasteiger partial charge in [-0.2, -0.15) is 0 Å². The fourth-order valence-electron chi connectivity index (χ4n) is 1.47. The second kappa shape index (κ2) is 8.26. The maximum absolute atomic E-state index is 11.5. The van der Waals surface area contributed by atoms with E-state index in [9.17, 15) is 9.59 Å². The normalized spacial score (nSPS) is 10.2. The summed E-state index contributed by atoms with van der Waals surface area (Å²) in [4.78, 5) is 22.1. The van der Waals surface area contributed by atoms with Crippen molar-refractivity contribution in [3.63, 3.8) is 0 Å². The highest BCUT2D eigenvalue weighted by Crippen LogP contribution is 2.04. The molecular weight excluding hydrogens is 246 g/mol. The van der Waals surface area contributed by atoms with E-state index in [0.717, 1.165) is 12.0 Å². The summed E-state index contributed by atoms with van der Waals surface area (Å²) in [6.07, 6.45) is 1.28. The molecule has 5 nitrogen and oxygen atoms in total. The van der Waals surface area contributed by atoms with Crippen molar-refractivity contribution in [1.29, 1.82) is 0 Å². The number of carbonyl (C=O) groups excluding carboxylic acids is 1. The number of carbonyl (C=O) groups is 2. The Hall–Kier alpha value is -1.88. The number of carboxylic acids is 1. The van der Waals surface area contributed by atoms with E-state index in [4.69, 9.17) is 9.84 Å². The highest BCUT2D eigenvalue weighted by atomic mass is 16.5. The SMILES string of the molecule is CCCOCCC(=O)NCc1ccc(C(=O)O)cc1. The highest BCUT2D eigenvalue weighted by Gasteiger charge is 2.03. The summed E-state index contributed by atoms with van der Waals surface area (Å²) < 4.78 is 5.22. The van der Waals surface area contributed by atoms with Crippen LogP contribution in [0, 0.1) is 0 Å². The van der Waals surface area contributed by atoms with Crippen LogP contribution >= 0.6 is 0 Å². The van der Waals surface area contributed by atoms with Gasteiger partial charge in [0.1, 0.15) is 0 Å². The van der Waals surface area contributed by atoms with Crippen LogP contribution < -0.4 is 5.32 Å². The summed E-state index contributed by atoms with van der Waals surface area (Å²) in [6.45, 7) is 3.51. The molecule has 5 heteroatoms. The van der Waals surface area contributed by atoms with E-state index >= 15 is 0 Å². The van der Waals surface area contributed by atoms with Gasteiger partial charge in [-0.15, -0.1) is 0 Å². The minimum Gasteiger partial charge on any atom is -0.478 e. The van der Waals surface area contributed by atoms with Crippen molar-refractivity contribution in [3.8, 4) is 0 Å². The number of nitrogens with one attached hydrogen (secondary N) is 1. The predicted octanol–water partition coefficient (Wildman–Crippen LogP) is 1.82. The summed E-state index contributed by atoms with van der Waals surface area (Å²) in [5.41, 5.74) is 1.11. The number of ether oxygens (including phenoxy) is 1. The van der Waals surface area contributed by atoms with Crippen molar-refractivity contribution in [2.75, 3.05) is 13.2 Å². The van der Waals surface area contributed by atoms with Crippen LogP contribution in [-0.4, -0.2) is 30.2 Å². The molecule has 0 bridgehead atoms. The highest BCUT2D eigenvalue weighted by molar-refractivity contribution is 5.87. The van der Waals surface area contributed by atoms with Crippen molar-refractivity contribution in [1.82, 2.24) is 5.32 Å². The largest absolute Gasteiger partial charge is 0.478 e. The maximum Gasteiger partial charge on any atom is 0.335 e. The fraction of sp³-hybridized carbons (Fsp3) is 0.429. The Morgan fingerprint density at radius 2 is 1.89 bits per heavy atom. The van der Waals surface area contributed by atoms with Crippen LogP contribution in [0.15, 0.2) is 24.3 Å². The van der Waals surface area contributed by atoms with Crippen LogP contribution in [-0.2, 0) is 16.1 Å². The Kier molecular flexibility index (Phi) is 6.60. The lowest BCUT2D eigenvalue weighted by Crippen LogP contribution is -2.24. The average Bonchev–Trinajstić information content (AvgIpc) is 2.42. The van der Waals surface area contributed by atoms with Gasteiger partial charge in [0, 0.05) is 19.6 Å². The van der Waals surface area contributed by atoms with Crippen LogP contribution in [0.25, 0.3) is 0 Å². The van der Waals surface area contributed by atoms with Gasteiger partial charge in [-0.05, 0) is 24.1 Å². The minimum absolute atomic E-state index is 0.0709. The Balaban J connectivity index is 2.28. The fourth-order valence-corrected chi connectivity index (χ4v) is 1.47. The van der Waals surface area contributed by atoms with Gasteiger partial charge in [-0.1, -0.05) is 19.1 Å². The van der Waals surface area contributed by atoms with E-state index in [0.29, 0.717) is 26.2 Å². The molecular formula is C14H19NO4. The van der Waals surface area contributed by atoms with E-state index in [-0.39, 0.29) is 11.5 Å². The zero-order valence-electron chi connectivity index (χ0n) is 11.0. The molecule has 0 fully saturated rings. The summed E-state index contributed by atoms with van der Waals surface area (Å²) in [5.74, 6) is -1.03. The molecule has 0 atom stereocenters. The number of benzene rings is 1. The zero-order chi connectivity index (χ0) is 14.1. The molecule has 0 unspecified atom stereocenters. The molecule has 1 rings (SSSR count). The molecule has 0 spiro atoms. The smallest absolute Gasteiger partial charge is 0.335 e. The van der Waals surface area contributed by atoms with Gasteiger partial charge in [0.05, 0.1) is 12.2 Å². The van der Waals surface area contributed by atoms with Gasteiger partial charge < -0.3 is 15.2 Å². The van der Waals surface area contributed by atoms with Gasteiger partial charge in [-0.25, -0.2) is 4.79 Å².